The number of nitrogens with one attached hydrogen (secondary N) is 2. The van der Waals surface area contributed by atoms with Crippen molar-refractivity contribution in [2.24, 2.45) is 0 Å². The molecule has 1 aliphatic rings. The van der Waals surface area contributed by atoms with Crippen molar-refractivity contribution in [1.29, 1.82) is 5.26 Å². The lowest BCUT2D eigenvalue weighted by atomic mass is 9.91. The molecule has 1 heterocycles. The van der Waals surface area contributed by atoms with E-state index in [4.69, 9.17) is 5.26 Å². The lowest BCUT2D eigenvalue weighted by molar-refractivity contribution is 0.352. The molecule has 0 spiro atoms. The Morgan fingerprint density at radius 1 is 1.04 bits per heavy atom. The zero-order valence-corrected chi connectivity index (χ0v) is 13.2. The van der Waals surface area contributed by atoms with Gasteiger partial charge in [0.2, 0.25) is 0 Å². The van der Waals surface area contributed by atoms with E-state index in [0.29, 0.717) is 12.1 Å². The Morgan fingerprint density at radius 3 is 2.61 bits per heavy atom. The summed E-state index contributed by atoms with van der Waals surface area (Å²) in [4.78, 5) is 4.33. The Labute approximate surface area is 137 Å². The highest BCUT2D eigenvalue weighted by Crippen LogP contribution is 2.21. The van der Waals surface area contributed by atoms with Gasteiger partial charge >= 0.3 is 0 Å². The van der Waals surface area contributed by atoms with E-state index in [2.05, 4.69) is 27.8 Å². The molecular weight excluding hydrogens is 284 g/mol. The second-order valence-electron chi connectivity index (χ2n) is 6.10. The molecule has 2 N–H and O–H groups in total. The molecule has 0 unspecified atom stereocenters. The lowest BCUT2D eigenvalue weighted by Gasteiger charge is -2.30. The van der Waals surface area contributed by atoms with E-state index in [0.717, 1.165) is 30.8 Å². The van der Waals surface area contributed by atoms with E-state index in [1.54, 1.807) is 0 Å². The zero-order valence-electron chi connectivity index (χ0n) is 13.2. The minimum atomic E-state index is 0.518. The van der Waals surface area contributed by atoms with Crippen molar-refractivity contribution in [2.75, 3.05) is 5.32 Å². The molecule has 0 atom stereocenters. The molecule has 2 aromatic rings. The van der Waals surface area contributed by atoms with E-state index in [9.17, 15) is 0 Å². The normalized spacial score (nSPS) is 20.7. The standard InChI is InChI=1S/C19H22N4/c20-13-15-4-3-5-16(12-15)14-22-17-7-9-18(10-8-17)23-19-6-1-2-11-21-19/h1-6,11-12,17-18,22H,7-10,14H2,(H,21,23). The first-order valence-electron chi connectivity index (χ1n) is 8.23. The second-order valence-corrected chi connectivity index (χ2v) is 6.10. The molecule has 1 fully saturated rings. The molecule has 4 heteroatoms. The number of nitriles is 1. The number of hydrogen-bond acceptors (Lipinski definition) is 4. The summed E-state index contributed by atoms with van der Waals surface area (Å²) in [6.07, 6.45) is 6.48. The lowest BCUT2D eigenvalue weighted by Crippen LogP contribution is -2.36. The van der Waals surface area contributed by atoms with Gasteiger partial charge in [-0.25, -0.2) is 4.98 Å². The van der Waals surface area contributed by atoms with Crippen molar-refractivity contribution < 1.29 is 0 Å². The van der Waals surface area contributed by atoms with Crippen LogP contribution in [0.25, 0.3) is 0 Å². The van der Waals surface area contributed by atoms with Crippen LogP contribution >= 0.6 is 0 Å². The predicted molar refractivity (Wildman–Crippen MR) is 91.9 cm³/mol. The number of nitrogens with zero attached hydrogens (tertiary/aromatic N) is 2. The smallest absolute Gasteiger partial charge is 0.126 e. The predicted octanol–water partition coefficient (Wildman–Crippen LogP) is 3.47. The summed E-state index contributed by atoms with van der Waals surface area (Å²) in [6.45, 7) is 0.832. The average molecular weight is 306 g/mol. The highest BCUT2D eigenvalue weighted by molar-refractivity contribution is 5.34. The van der Waals surface area contributed by atoms with Crippen LogP contribution in [-0.2, 0) is 6.54 Å². The van der Waals surface area contributed by atoms with Gasteiger partial charge in [0.25, 0.3) is 0 Å². The van der Waals surface area contributed by atoms with Crippen LogP contribution in [0.5, 0.6) is 0 Å². The summed E-state index contributed by atoms with van der Waals surface area (Å²) in [5.74, 6) is 0.970. The molecule has 0 aliphatic heterocycles. The van der Waals surface area contributed by atoms with E-state index < -0.39 is 0 Å². The Kier molecular flexibility index (Phi) is 5.23. The number of hydrogen-bond donors (Lipinski definition) is 2. The van der Waals surface area contributed by atoms with Gasteiger partial charge in [-0.3, -0.25) is 0 Å². The summed E-state index contributed by atoms with van der Waals surface area (Å²) in [5.41, 5.74) is 1.91. The molecule has 23 heavy (non-hydrogen) atoms. The van der Waals surface area contributed by atoms with Crippen molar-refractivity contribution in [1.82, 2.24) is 10.3 Å². The fourth-order valence-electron chi connectivity index (χ4n) is 3.11. The molecule has 0 amide bonds. The van der Waals surface area contributed by atoms with Crippen molar-refractivity contribution in [3.63, 3.8) is 0 Å². The first-order valence-corrected chi connectivity index (χ1v) is 8.23. The van der Waals surface area contributed by atoms with Gasteiger partial charge in [0.15, 0.2) is 0 Å². The van der Waals surface area contributed by atoms with Gasteiger partial charge in [-0.05, 0) is 55.5 Å². The van der Waals surface area contributed by atoms with Crippen molar-refractivity contribution in [3.8, 4) is 6.07 Å². The van der Waals surface area contributed by atoms with Crippen LogP contribution < -0.4 is 10.6 Å². The Morgan fingerprint density at radius 2 is 1.87 bits per heavy atom. The largest absolute Gasteiger partial charge is 0.367 e. The highest BCUT2D eigenvalue weighted by Gasteiger charge is 2.20. The maximum atomic E-state index is 8.95. The molecule has 118 valence electrons. The van der Waals surface area contributed by atoms with Crippen LogP contribution in [0.15, 0.2) is 48.7 Å². The summed E-state index contributed by atoms with van der Waals surface area (Å²) in [5, 5.41) is 16.1. The van der Waals surface area contributed by atoms with Gasteiger partial charge < -0.3 is 10.6 Å². The quantitative estimate of drug-likeness (QED) is 0.888. The summed E-state index contributed by atoms with van der Waals surface area (Å²) < 4.78 is 0. The fourth-order valence-corrected chi connectivity index (χ4v) is 3.11. The van der Waals surface area contributed by atoms with Crippen LogP contribution in [0.3, 0.4) is 0 Å². The van der Waals surface area contributed by atoms with E-state index in [-0.39, 0.29) is 0 Å². The van der Waals surface area contributed by atoms with Crippen LogP contribution in [0, 0.1) is 11.3 Å². The second kappa shape index (κ2) is 7.75. The van der Waals surface area contributed by atoms with Crippen LogP contribution in [-0.4, -0.2) is 17.1 Å². The number of pyridine rings is 1. The molecule has 1 aromatic heterocycles. The van der Waals surface area contributed by atoms with Gasteiger partial charge in [0, 0.05) is 24.8 Å². The molecule has 1 aliphatic carbocycles. The molecule has 1 aromatic carbocycles. The van der Waals surface area contributed by atoms with Crippen LogP contribution in [0.1, 0.15) is 36.8 Å². The van der Waals surface area contributed by atoms with Gasteiger partial charge in [-0.2, -0.15) is 5.26 Å². The Bertz CT molecular complexity index is 655. The molecule has 0 saturated heterocycles. The summed E-state index contributed by atoms with van der Waals surface area (Å²) >= 11 is 0. The first kappa shape index (κ1) is 15.5. The maximum Gasteiger partial charge on any atom is 0.126 e. The molecule has 0 bridgehead atoms. The highest BCUT2D eigenvalue weighted by atomic mass is 15.0. The minimum Gasteiger partial charge on any atom is -0.367 e. The third-order valence-corrected chi connectivity index (χ3v) is 4.40. The third-order valence-electron chi connectivity index (χ3n) is 4.40. The minimum absolute atomic E-state index is 0.518. The number of rotatable bonds is 5. The molecule has 1 saturated carbocycles. The molecule has 3 rings (SSSR count). The van der Waals surface area contributed by atoms with Gasteiger partial charge in [0.05, 0.1) is 11.6 Å². The molecular formula is C19H22N4. The van der Waals surface area contributed by atoms with Crippen LogP contribution in [0.4, 0.5) is 5.82 Å². The third kappa shape index (κ3) is 4.54. The van der Waals surface area contributed by atoms with E-state index in [1.807, 2.05) is 42.6 Å². The SMILES string of the molecule is N#Cc1cccc(CNC2CCC(Nc3ccccn3)CC2)c1. The molecule has 0 radical (unpaired) electrons. The van der Waals surface area contributed by atoms with Crippen molar-refractivity contribution in [2.45, 2.75) is 44.3 Å². The maximum absolute atomic E-state index is 8.95. The van der Waals surface area contributed by atoms with Crippen LogP contribution in [0.2, 0.25) is 0 Å². The summed E-state index contributed by atoms with van der Waals surface area (Å²) in [7, 11) is 0. The number of benzene rings is 1. The van der Waals surface area contributed by atoms with Crippen molar-refractivity contribution in [3.05, 3.63) is 59.8 Å². The topological polar surface area (TPSA) is 60.7 Å². The van der Waals surface area contributed by atoms with Crippen molar-refractivity contribution >= 4 is 5.82 Å². The van der Waals surface area contributed by atoms with Gasteiger partial charge in [-0.15, -0.1) is 0 Å². The monoisotopic (exact) mass is 306 g/mol. The van der Waals surface area contributed by atoms with Gasteiger partial charge in [0.1, 0.15) is 5.82 Å². The number of anilines is 1. The molecule has 4 nitrogen and oxygen atoms in total. The first-order chi connectivity index (χ1) is 11.3. The Balaban J connectivity index is 1.43. The zero-order chi connectivity index (χ0) is 15.9. The summed E-state index contributed by atoms with van der Waals surface area (Å²) in [6, 6.07) is 17.1. The average Bonchev–Trinajstić information content (AvgIpc) is 2.62. The number of aromatic nitrogens is 1. The van der Waals surface area contributed by atoms with Gasteiger partial charge in [-0.1, -0.05) is 18.2 Å². The van der Waals surface area contributed by atoms with E-state index >= 15 is 0 Å². The fraction of sp³-hybridized carbons (Fsp3) is 0.368. The Hall–Kier alpha value is -2.38. The van der Waals surface area contributed by atoms with E-state index in [1.165, 1.54) is 18.4 Å².